The summed E-state index contributed by atoms with van der Waals surface area (Å²) < 4.78 is 0.900. The molecule has 0 aliphatic carbocycles. The van der Waals surface area contributed by atoms with Crippen molar-refractivity contribution in [1.29, 1.82) is 0 Å². The first-order valence-electron chi connectivity index (χ1n) is 6.06. The van der Waals surface area contributed by atoms with Gasteiger partial charge in [-0.2, -0.15) is 0 Å². The van der Waals surface area contributed by atoms with Gasteiger partial charge in [-0.3, -0.25) is 4.99 Å². The van der Waals surface area contributed by atoms with Crippen molar-refractivity contribution in [1.82, 2.24) is 9.88 Å². The molecular weight excluding hydrogens is 324 g/mol. The minimum Gasteiger partial charge on any atom is -0.477 e. The van der Waals surface area contributed by atoms with Crippen LogP contribution < -0.4 is 5.73 Å². The van der Waals surface area contributed by atoms with E-state index < -0.39 is 5.97 Å². The molecule has 0 saturated heterocycles. The number of nitrogens with two attached hydrogens (primary N) is 1. The van der Waals surface area contributed by atoms with Gasteiger partial charge in [-0.1, -0.05) is 15.9 Å². The minimum atomic E-state index is -0.980. The SMILES string of the molecule is CN1C(N)=NCC1c1c(C(=O)O)[nH]c2ccc(Br)cc12. The predicted molar refractivity (Wildman–Crippen MR) is 80.0 cm³/mol. The van der Waals surface area contributed by atoms with Crippen LogP contribution in [0.1, 0.15) is 22.1 Å². The van der Waals surface area contributed by atoms with Crippen molar-refractivity contribution < 1.29 is 9.90 Å². The maximum absolute atomic E-state index is 11.5. The smallest absolute Gasteiger partial charge is 0.352 e. The number of aromatic amines is 1. The summed E-state index contributed by atoms with van der Waals surface area (Å²) in [6, 6.07) is 5.48. The summed E-state index contributed by atoms with van der Waals surface area (Å²) in [5.74, 6) is -0.554. The van der Waals surface area contributed by atoms with E-state index in [2.05, 4.69) is 25.9 Å². The molecule has 0 saturated carbocycles. The van der Waals surface area contributed by atoms with Crippen LogP contribution in [0.25, 0.3) is 10.9 Å². The second-order valence-electron chi connectivity index (χ2n) is 4.73. The molecule has 1 aliphatic rings. The second-order valence-corrected chi connectivity index (χ2v) is 5.65. The van der Waals surface area contributed by atoms with E-state index in [1.54, 1.807) is 4.90 Å². The number of fused-ring (bicyclic) bond motifs is 1. The first kappa shape index (κ1) is 13.0. The summed E-state index contributed by atoms with van der Waals surface area (Å²) >= 11 is 3.42. The molecular formula is C13H13BrN4O2. The Morgan fingerprint density at radius 2 is 2.35 bits per heavy atom. The van der Waals surface area contributed by atoms with Gasteiger partial charge in [-0.05, 0) is 18.2 Å². The van der Waals surface area contributed by atoms with Crippen LogP contribution in [-0.4, -0.2) is 40.5 Å². The molecule has 3 rings (SSSR count). The largest absolute Gasteiger partial charge is 0.477 e. The molecule has 0 bridgehead atoms. The van der Waals surface area contributed by atoms with Gasteiger partial charge < -0.3 is 20.7 Å². The number of aromatic nitrogens is 1. The number of carbonyl (C=O) groups is 1. The highest BCUT2D eigenvalue weighted by Gasteiger charge is 2.31. The molecule has 1 atom stereocenters. The average Bonchev–Trinajstić information content (AvgIpc) is 2.91. The summed E-state index contributed by atoms with van der Waals surface area (Å²) in [5, 5.41) is 10.3. The van der Waals surface area contributed by atoms with Crippen LogP contribution >= 0.6 is 15.9 Å². The van der Waals surface area contributed by atoms with E-state index in [-0.39, 0.29) is 11.7 Å². The Kier molecular flexibility index (Phi) is 2.93. The van der Waals surface area contributed by atoms with Crippen molar-refractivity contribution in [3.63, 3.8) is 0 Å². The van der Waals surface area contributed by atoms with E-state index in [9.17, 15) is 9.90 Å². The van der Waals surface area contributed by atoms with Crippen LogP contribution in [-0.2, 0) is 0 Å². The summed E-state index contributed by atoms with van der Waals surface area (Å²) in [6.07, 6.45) is 0. The molecule has 4 N–H and O–H groups in total. The Morgan fingerprint density at radius 1 is 1.60 bits per heavy atom. The fraction of sp³-hybridized carbons (Fsp3) is 0.231. The lowest BCUT2D eigenvalue weighted by atomic mass is 10.0. The van der Waals surface area contributed by atoms with Crippen LogP contribution in [0.15, 0.2) is 27.7 Å². The summed E-state index contributed by atoms with van der Waals surface area (Å²) in [5.41, 5.74) is 7.49. The fourth-order valence-corrected chi connectivity index (χ4v) is 2.92. The molecule has 1 unspecified atom stereocenters. The van der Waals surface area contributed by atoms with Gasteiger partial charge in [0.15, 0.2) is 5.96 Å². The van der Waals surface area contributed by atoms with Crippen molar-refractivity contribution >= 4 is 38.8 Å². The second kappa shape index (κ2) is 4.52. The first-order valence-corrected chi connectivity index (χ1v) is 6.85. The fourth-order valence-electron chi connectivity index (χ4n) is 2.56. The van der Waals surface area contributed by atoms with Crippen molar-refractivity contribution in [2.24, 2.45) is 10.7 Å². The molecule has 1 aromatic heterocycles. The number of H-pyrrole nitrogens is 1. The lowest BCUT2D eigenvalue weighted by Crippen LogP contribution is -2.32. The van der Waals surface area contributed by atoms with E-state index in [4.69, 9.17) is 5.73 Å². The van der Waals surface area contributed by atoms with Crippen LogP contribution in [0.3, 0.4) is 0 Å². The van der Waals surface area contributed by atoms with E-state index in [0.29, 0.717) is 12.5 Å². The number of rotatable bonds is 2. The number of hydrogen-bond acceptors (Lipinski definition) is 4. The Morgan fingerprint density at radius 3 is 2.95 bits per heavy atom. The molecule has 1 aromatic carbocycles. The number of carboxylic acids is 1. The summed E-state index contributed by atoms with van der Waals surface area (Å²) in [6.45, 7) is 0.460. The number of benzene rings is 1. The Hall–Kier alpha value is -2.02. The molecule has 0 fully saturated rings. The van der Waals surface area contributed by atoms with Crippen molar-refractivity contribution in [2.75, 3.05) is 13.6 Å². The molecule has 2 heterocycles. The quantitative estimate of drug-likeness (QED) is 0.780. The number of aliphatic imine (C=N–C) groups is 1. The van der Waals surface area contributed by atoms with E-state index >= 15 is 0 Å². The maximum Gasteiger partial charge on any atom is 0.352 e. The third kappa shape index (κ3) is 1.85. The normalized spacial score (nSPS) is 18.6. The lowest BCUT2D eigenvalue weighted by molar-refractivity contribution is 0.0689. The number of aromatic carboxylic acids is 1. The first-order chi connectivity index (χ1) is 9.49. The minimum absolute atomic E-state index is 0.163. The highest BCUT2D eigenvalue weighted by atomic mass is 79.9. The van der Waals surface area contributed by atoms with Crippen LogP contribution in [0.2, 0.25) is 0 Å². The Bertz CT molecular complexity index is 737. The van der Waals surface area contributed by atoms with Gasteiger partial charge in [0.25, 0.3) is 0 Å². The van der Waals surface area contributed by atoms with Crippen molar-refractivity contribution in [3.05, 3.63) is 33.9 Å². The zero-order valence-corrected chi connectivity index (χ0v) is 12.3. The topological polar surface area (TPSA) is 94.7 Å². The molecule has 0 spiro atoms. The third-order valence-electron chi connectivity index (χ3n) is 3.60. The molecule has 1 aliphatic heterocycles. The van der Waals surface area contributed by atoms with Gasteiger partial charge in [-0.15, -0.1) is 0 Å². The average molecular weight is 337 g/mol. The van der Waals surface area contributed by atoms with Gasteiger partial charge in [0.05, 0.1) is 12.6 Å². The van der Waals surface area contributed by atoms with Gasteiger partial charge >= 0.3 is 5.97 Å². The monoisotopic (exact) mass is 336 g/mol. The van der Waals surface area contributed by atoms with Crippen LogP contribution in [0.4, 0.5) is 0 Å². The van der Waals surface area contributed by atoms with Gasteiger partial charge in [0, 0.05) is 28.0 Å². The zero-order valence-electron chi connectivity index (χ0n) is 10.7. The number of nitrogens with zero attached hydrogens (tertiary/aromatic N) is 2. The standard InChI is InChI=1S/C13H13BrN4O2/c1-18-9(5-16-13(18)15)10-7-4-6(14)2-3-8(7)17-11(10)12(19)20/h2-4,9,17H,5H2,1H3,(H2,15,16)(H,19,20). The predicted octanol–water partition coefficient (Wildman–Crippen LogP) is 1.93. The number of halogens is 1. The molecule has 0 radical (unpaired) electrons. The number of guanidine groups is 1. The molecule has 20 heavy (non-hydrogen) atoms. The molecule has 2 aromatic rings. The molecule has 0 amide bonds. The zero-order chi connectivity index (χ0) is 14.4. The number of carboxylic acid groups (broad SMARTS) is 1. The van der Waals surface area contributed by atoms with Crippen LogP contribution in [0, 0.1) is 0 Å². The van der Waals surface area contributed by atoms with E-state index in [1.165, 1.54) is 0 Å². The number of nitrogens with one attached hydrogen (secondary N) is 1. The van der Waals surface area contributed by atoms with E-state index in [1.807, 2.05) is 25.2 Å². The van der Waals surface area contributed by atoms with Gasteiger partial charge in [-0.25, -0.2) is 4.79 Å². The molecule has 7 heteroatoms. The van der Waals surface area contributed by atoms with Crippen LogP contribution in [0.5, 0.6) is 0 Å². The lowest BCUT2D eigenvalue weighted by Gasteiger charge is -2.21. The van der Waals surface area contributed by atoms with Crippen molar-refractivity contribution in [3.8, 4) is 0 Å². The number of likely N-dealkylation sites (N-methyl/N-ethyl adjacent to an activating group) is 1. The Labute approximate surface area is 123 Å². The molecule has 104 valence electrons. The third-order valence-corrected chi connectivity index (χ3v) is 4.10. The Balaban J connectivity index is 2.24. The maximum atomic E-state index is 11.5. The highest BCUT2D eigenvalue weighted by molar-refractivity contribution is 9.10. The number of hydrogen-bond donors (Lipinski definition) is 3. The van der Waals surface area contributed by atoms with E-state index in [0.717, 1.165) is 20.9 Å². The van der Waals surface area contributed by atoms with Crippen molar-refractivity contribution in [2.45, 2.75) is 6.04 Å². The van der Waals surface area contributed by atoms with Gasteiger partial charge in [0.1, 0.15) is 5.69 Å². The molecule has 6 nitrogen and oxygen atoms in total. The highest BCUT2D eigenvalue weighted by Crippen LogP contribution is 2.34. The van der Waals surface area contributed by atoms with Gasteiger partial charge in [0.2, 0.25) is 0 Å². The summed E-state index contributed by atoms with van der Waals surface area (Å²) in [4.78, 5) is 20.4. The summed E-state index contributed by atoms with van der Waals surface area (Å²) in [7, 11) is 1.82.